The number of amides is 2. The van der Waals surface area contributed by atoms with Gasteiger partial charge in [-0.15, -0.1) is 0 Å². The molecule has 2 amide bonds. The van der Waals surface area contributed by atoms with Gasteiger partial charge in [0.1, 0.15) is 6.54 Å². The fraction of sp³-hybridized carbons (Fsp3) is 0.333. The van der Waals surface area contributed by atoms with Gasteiger partial charge in [-0.1, -0.05) is 36.4 Å². The minimum absolute atomic E-state index is 0.00870. The molecule has 0 N–H and O–H groups in total. The van der Waals surface area contributed by atoms with Gasteiger partial charge in [0, 0.05) is 25.7 Å². The maximum absolute atomic E-state index is 12.8. The molecule has 0 spiro atoms. The van der Waals surface area contributed by atoms with Crippen LogP contribution in [0.2, 0.25) is 0 Å². The second kappa shape index (κ2) is 7.09. The van der Waals surface area contributed by atoms with Crippen LogP contribution in [0.15, 0.2) is 42.5 Å². The summed E-state index contributed by atoms with van der Waals surface area (Å²) in [6.45, 7) is 6.92. The fourth-order valence-electron chi connectivity index (χ4n) is 3.34. The monoisotopic (exact) mass is 336 g/mol. The van der Waals surface area contributed by atoms with E-state index in [1.807, 2.05) is 49.1 Å². The van der Waals surface area contributed by atoms with Gasteiger partial charge >= 0.3 is 0 Å². The van der Waals surface area contributed by atoms with E-state index in [1.165, 1.54) is 18.1 Å². The first-order chi connectivity index (χ1) is 12.0. The van der Waals surface area contributed by atoms with Crippen LogP contribution < -0.4 is 4.90 Å². The van der Waals surface area contributed by atoms with E-state index in [9.17, 15) is 9.59 Å². The summed E-state index contributed by atoms with van der Waals surface area (Å²) in [5.74, 6) is -0.120. The molecule has 130 valence electrons. The highest BCUT2D eigenvalue weighted by Crippen LogP contribution is 2.24. The Morgan fingerprint density at radius 3 is 2.48 bits per heavy atom. The summed E-state index contributed by atoms with van der Waals surface area (Å²) in [5.41, 5.74) is 5.48. The number of carbonyl (C=O) groups excluding carboxylic acids is 2. The van der Waals surface area contributed by atoms with Gasteiger partial charge in [0.15, 0.2) is 0 Å². The topological polar surface area (TPSA) is 40.6 Å². The lowest BCUT2D eigenvalue weighted by Crippen LogP contribution is -2.44. The molecule has 0 fully saturated rings. The highest BCUT2D eigenvalue weighted by molar-refractivity contribution is 5.98. The van der Waals surface area contributed by atoms with E-state index in [0.29, 0.717) is 13.1 Å². The van der Waals surface area contributed by atoms with E-state index < -0.39 is 0 Å². The van der Waals surface area contributed by atoms with Gasteiger partial charge < -0.3 is 9.80 Å². The Labute approximate surface area is 149 Å². The third-order valence-corrected chi connectivity index (χ3v) is 5.02. The van der Waals surface area contributed by atoms with Crippen LogP contribution in [0.4, 0.5) is 5.69 Å². The Kier molecular flexibility index (Phi) is 4.88. The number of hydrogen-bond donors (Lipinski definition) is 0. The van der Waals surface area contributed by atoms with Crippen LogP contribution in [0.1, 0.15) is 29.2 Å². The van der Waals surface area contributed by atoms with Gasteiger partial charge in [-0.05, 0) is 48.6 Å². The number of rotatable bonds is 3. The smallest absolute Gasteiger partial charge is 0.242 e. The first-order valence-electron chi connectivity index (χ1n) is 8.66. The number of fused-ring (bicyclic) bond motifs is 1. The molecule has 0 atom stereocenters. The molecule has 0 bridgehead atoms. The molecule has 2 aromatic rings. The van der Waals surface area contributed by atoms with Crippen LogP contribution in [0.25, 0.3) is 0 Å². The maximum Gasteiger partial charge on any atom is 0.242 e. The SMILES string of the molecule is CC(=O)N(CC(=O)N1CCc2ccccc2C1)c1cccc(C)c1C. The van der Waals surface area contributed by atoms with E-state index in [-0.39, 0.29) is 18.4 Å². The molecule has 1 aliphatic heterocycles. The largest absolute Gasteiger partial charge is 0.336 e. The van der Waals surface area contributed by atoms with E-state index in [1.54, 1.807) is 4.90 Å². The van der Waals surface area contributed by atoms with Crippen LogP contribution in [-0.4, -0.2) is 29.8 Å². The Bertz CT molecular complexity index is 813. The molecule has 3 rings (SSSR count). The molecule has 2 aromatic carbocycles. The summed E-state index contributed by atoms with van der Waals surface area (Å²) in [7, 11) is 0. The van der Waals surface area contributed by atoms with Crippen molar-refractivity contribution in [2.75, 3.05) is 18.0 Å². The van der Waals surface area contributed by atoms with Crippen molar-refractivity contribution in [1.29, 1.82) is 0 Å². The van der Waals surface area contributed by atoms with Gasteiger partial charge in [0.2, 0.25) is 11.8 Å². The molecule has 25 heavy (non-hydrogen) atoms. The lowest BCUT2D eigenvalue weighted by Gasteiger charge is -2.31. The minimum Gasteiger partial charge on any atom is -0.336 e. The predicted molar refractivity (Wildman–Crippen MR) is 99.5 cm³/mol. The molecule has 0 aromatic heterocycles. The molecule has 1 aliphatic rings. The number of hydrogen-bond acceptors (Lipinski definition) is 2. The minimum atomic E-state index is -0.112. The summed E-state index contributed by atoms with van der Waals surface area (Å²) in [5, 5.41) is 0. The van der Waals surface area contributed by atoms with Crippen molar-refractivity contribution in [3.63, 3.8) is 0 Å². The van der Waals surface area contributed by atoms with Crippen LogP contribution in [0.5, 0.6) is 0 Å². The van der Waals surface area contributed by atoms with Crippen molar-refractivity contribution in [1.82, 2.24) is 4.90 Å². The normalized spacial score (nSPS) is 13.3. The summed E-state index contributed by atoms with van der Waals surface area (Å²) in [6, 6.07) is 14.1. The van der Waals surface area contributed by atoms with Crippen LogP contribution >= 0.6 is 0 Å². The standard InChI is InChI=1S/C21H24N2O2/c1-15-7-6-10-20(16(15)2)23(17(3)24)14-21(25)22-12-11-18-8-4-5-9-19(18)13-22/h4-10H,11-14H2,1-3H3. The second-order valence-corrected chi connectivity index (χ2v) is 6.66. The molecular weight excluding hydrogens is 312 g/mol. The first kappa shape index (κ1) is 17.2. The predicted octanol–water partition coefficient (Wildman–Crippen LogP) is 3.24. The van der Waals surface area contributed by atoms with Crippen molar-refractivity contribution < 1.29 is 9.59 Å². The Hall–Kier alpha value is -2.62. The Balaban J connectivity index is 1.78. The van der Waals surface area contributed by atoms with Crippen LogP contribution in [0.3, 0.4) is 0 Å². The lowest BCUT2D eigenvalue weighted by molar-refractivity contribution is -0.132. The molecule has 0 unspecified atom stereocenters. The number of carbonyl (C=O) groups is 2. The Morgan fingerprint density at radius 2 is 1.76 bits per heavy atom. The quantitative estimate of drug-likeness (QED) is 0.863. The molecule has 4 nitrogen and oxygen atoms in total. The van der Waals surface area contributed by atoms with Gasteiger partial charge in [-0.25, -0.2) is 0 Å². The average Bonchev–Trinajstić information content (AvgIpc) is 2.61. The number of nitrogens with zero attached hydrogens (tertiary/aromatic N) is 2. The highest BCUT2D eigenvalue weighted by atomic mass is 16.2. The Morgan fingerprint density at radius 1 is 1.04 bits per heavy atom. The highest BCUT2D eigenvalue weighted by Gasteiger charge is 2.24. The molecule has 0 radical (unpaired) electrons. The number of aryl methyl sites for hydroxylation is 1. The average molecular weight is 336 g/mol. The van der Waals surface area contributed by atoms with E-state index in [4.69, 9.17) is 0 Å². The molecular formula is C21H24N2O2. The van der Waals surface area contributed by atoms with Crippen molar-refractivity contribution in [2.45, 2.75) is 33.7 Å². The fourth-order valence-corrected chi connectivity index (χ4v) is 3.34. The van der Waals surface area contributed by atoms with Gasteiger partial charge in [-0.2, -0.15) is 0 Å². The van der Waals surface area contributed by atoms with Crippen molar-refractivity contribution in [2.24, 2.45) is 0 Å². The van der Waals surface area contributed by atoms with E-state index >= 15 is 0 Å². The van der Waals surface area contributed by atoms with Crippen LogP contribution in [-0.2, 0) is 22.6 Å². The molecule has 4 heteroatoms. The van der Waals surface area contributed by atoms with E-state index in [0.717, 1.165) is 23.2 Å². The second-order valence-electron chi connectivity index (χ2n) is 6.66. The summed E-state index contributed by atoms with van der Waals surface area (Å²) >= 11 is 0. The zero-order chi connectivity index (χ0) is 18.0. The lowest BCUT2D eigenvalue weighted by atomic mass is 10.00. The summed E-state index contributed by atoms with van der Waals surface area (Å²) in [4.78, 5) is 28.4. The summed E-state index contributed by atoms with van der Waals surface area (Å²) < 4.78 is 0. The van der Waals surface area contributed by atoms with Gasteiger partial charge in [0.25, 0.3) is 0 Å². The zero-order valence-corrected chi connectivity index (χ0v) is 15.1. The van der Waals surface area contributed by atoms with Crippen LogP contribution in [0, 0.1) is 13.8 Å². The number of anilines is 1. The molecule has 0 aliphatic carbocycles. The van der Waals surface area contributed by atoms with Crippen molar-refractivity contribution >= 4 is 17.5 Å². The van der Waals surface area contributed by atoms with E-state index in [2.05, 4.69) is 12.1 Å². The molecule has 0 saturated heterocycles. The summed E-state index contributed by atoms with van der Waals surface area (Å²) in [6.07, 6.45) is 0.867. The van der Waals surface area contributed by atoms with Crippen molar-refractivity contribution in [3.8, 4) is 0 Å². The number of benzene rings is 2. The maximum atomic E-state index is 12.8. The molecule has 1 heterocycles. The third kappa shape index (κ3) is 3.58. The zero-order valence-electron chi connectivity index (χ0n) is 15.1. The van der Waals surface area contributed by atoms with Gasteiger partial charge in [-0.3, -0.25) is 9.59 Å². The van der Waals surface area contributed by atoms with Crippen molar-refractivity contribution in [3.05, 3.63) is 64.7 Å². The van der Waals surface area contributed by atoms with Gasteiger partial charge in [0.05, 0.1) is 0 Å². The third-order valence-electron chi connectivity index (χ3n) is 5.02. The first-order valence-corrected chi connectivity index (χ1v) is 8.66. The molecule has 0 saturated carbocycles.